The van der Waals surface area contributed by atoms with Gasteiger partial charge in [0.25, 0.3) is 0 Å². The quantitative estimate of drug-likeness (QED) is 0.678. The van der Waals surface area contributed by atoms with Crippen LogP contribution < -0.4 is 0 Å². The summed E-state index contributed by atoms with van der Waals surface area (Å²) in [5.41, 5.74) is 3.07. The highest BCUT2D eigenvalue weighted by atomic mass is 15.1. The number of rotatable bonds is 5. The van der Waals surface area contributed by atoms with Gasteiger partial charge in [0.1, 0.15) is 0 Å². The van der Waals surface area contributed by atoms with Gasteiger partial charge in [0.2, 0.25) is 0 Å². The number of hydrogen-bond acceptors (Lipinski definition) is 1. The first-order valence-corrected chi connectivity index (χ1v) is 6.55. The molecule has 0 saturated heterocycles. The molecule has 0 N–H and O–H groups in total. The van der Waals surface area contributed by atoms with Crippen molar-refractivity contribution in [3.63, 3.8) is 0 Å². The summed E-state index contributed by atoms with van der Waals surface area (Å²) in [5.74, 6) is 0.857. The second kappa shape index (κ2) is 5.49. The molecule has 0 amide bonds. The first kappa shape index (κ1) is 11.7. The van der Waals surface area contributed by atoms with Crippen LogP contribution in [-0.4, -0.2) is 11.4 Å². The third kappa shape index (κ3) is 3.08. The number of unbranched alkanes of at least 4 members (excludes halogenated alkanes) is 1. The van der Waals surface area contributed by atoms with E-state index >= 15 is 0 Å². The molecule has 1 aromatic carbocycles. The average molecular weight is 217 g/mol. The van der Waals surface area contributed by atoms with E-state index in [2.05, 4.69) is 43.0 Å². The van der Waals surface area contributed by atoms with Gasteiger partial charge in [-0.1, -0.05) is 51.0 Å². The van der Waals surface area contributed by atoms with Crippen molar-refractivity contribution in [3.05, 3.63) is 35.4 Å². The van der Waals surface area contributed by atoms with Gasteiger partial charge in [-0.05, 0) is 30.0 Å². The van der Waals surface area contributed by atoms with Crippen molar-refractivity contribution in [3.8, 4) is 0 Å². The van der Waals surface area contributed by atoms with E-state index < -0.39 is 0 Å². The van der Waals surface area contributed by atoms with E-state index in [9.17, 15) is 0 Å². The Kier molecular flexibility index (Phi) is 4.00. The van der Waals surface area contributed by atoms with E-state index in [1.807, 2.05) is 0 Å². The van der Waals surface area contributed by atoms with E-state index in [-0.39, 0.29) is 0 Å². The van der Waals surface area contributed by atoms with Gasteiger partial charge in [-0.25, -0.2) is 0 Å². The Balaban J connectivity index is 1.71. The molecule has 0 radical (unpaired) electrons. The van der Waals surface area contributed by atoms with Crippen molar-refractivity contribution in [2.75, 3.05) is 6.54 Å². The number of hydrogen-bond donors (Lipinski definition) is 0. The lowest BCUT2D eigenvalue weighted by Crippen LogP contribution is -2.17. The molecule has 1 aliphatic rings. The van der Waals surface area contributed by atoms with Crippen LogP contribution in [0, 0.1) is 5.92 Å². The zero-order valence-corrected chi connectivity index (χ0v) is 10.6. The van der Waals surface area contributed by atoms with Gasteiger partial charge >= 0.3 is 0 Å². The molecule has 0 fully saturated rings. The lowest BCUT2D eigenvalue weighted by molar-refractivity contribution is 0.274. The topological polar surface area (TPSA) is 3.24 Å². The van der Waals surface area contributed by atoms with E-state index in [4.69, 9.17) is 0 Å². The Bertz CT molecular complexity index is 305. The van der Waals surface area contributed by atoms with E-state index in [0.29, 0.717) is 0 Å². The minimum Gasteiger partial charge on any atom is -0.295 e. The Morgan fingerprint density at radius 3 is 2.25 bits per heavy atom. The van der Waals surface area contributed by atoms with Gasteiger partial charge in [-0.3, -0.25) is 4.90 Å². The zero-order valence-electron chi connectivity index (χ0n) is 10.6. The first-order valence-electron chi connectivity index (χ1n) is 6.55. The maximum Gasteiger partial charge on any atom is 0.0240 e. The third-order valence-corrected chi connectivity index (χ3v) is 3.41. The summed E-state index contributed by atoms with van der Waals surface area (Å²) in [6.07, 6.45) is 4.11. The molecule has 88 valence electrons. The lowest BCUT2D eigenvalue weighted by atomic mass is 10.1. The molecular weight excluding hydrogens is 194 g/mol. The van der Waals surface area contributed by atoms with Crippen LogP contribution in [0.5, 0.6) is 0 Å². The molecule has 1 aliphatic heterocycles. The molecular formula is C15H23N. The first-order chi connectivity index (χ1) is 7.75. The van der Waals surface area contributed by atoms with E-state index in [1.54, 1.807) is 0 Å². The molecule has 0 atom stereocenters. The molecule has 2 rings (SSSR count). The maximum absolute atomic E-state index is 2.57. The minimum absolute atomic E-state index is 0.857. The zero-order chi connectivity index (χ0) is 11.4. The fraction of sp³-hybridized carbons (Fsp3) is 0.600. The minimum atomic E-state index is 0.857. The lowest BCUT2D eigenvalue weighted by Gasteiger charge is -2.14. The SMILES string of the molecule is CC(C)CCCCN1Cc2ccccc2C1. The molecule has 0 saturated carbocycles. The number of nitrogens with zero attached hydrogens (tertiary/aromatic N) is 1. The molecule has 16 heavy (non-hydrogen) atoms. The summed E-state index contributed by atoms with van der Waals surface area (Å²) < 4.78 is 0. The Morgan fingerprint density at radius 2 is 1.69 bits per heavy atom. The van der Waals surface area contributed by atoms with Crippen LogP contribution in [0.15, 0.2) is 24.3 Å². The highest BCUT2D eigenvalue weighted by molar-refractivity contribution is 5.30. The van der Waals surface area contributed by atoms with Crippen molar-refractivity contribution < 1.29 is 0 Å². The van der Waals surface area contributed by atoms with Gasteiger partial charge < -0.3 is 0 Å². The summed E-state index contributed by atoms with van der Waals surface area (Å²) in [5, 5.41) is 0. The van der Waals surface area contributed by atoms with Gasteiger partial charge in [0.15, 0.2) is 0 Å². The standard InChI is InChI=1S/C15H23N/c1-13(2)7-5-6-10-16-11-14-8-3-4-9-15(14)12-16/h3-4,8-9,13H,5-7,10-12H2,1-2H3. The molecule has 1 heterocycles. The van der Waals surface area contributed by atoms with Crippen LogP contribution in [0.3, 0.4) is 0 Å². The van der Waals surface area contributed by atoms with Crippen LogP contribution >= 0.6 is 0 Å². The summed E-state index contributed by atoms with van der Waals surface area (Å²) in [4.78, 5) is 2.57. The Morgan fingerprint density at radius 1 is 1.06 bits per heavy atom. The van der Waals surface area contributed by atoms with Crippen LogP contribution in [0.1, 0.15) is 44.2 Å². The summed E-state index contributed by atoms with van der Waals surface area (Å²) in [7, 11) is 0. The summed E-state index contributed by atoms with van der Waals surface area (Å²) >= 11 is 0. The van der Waals surface area contributed by atoms with Crippen molar-refractivity contribution in [2.24, 2.45) is 5.92 Å². The second-order valence-corrected chi connectivity index (χ2v) is 5.37. The van der Waals surface area contributed by atoms with Crippen molar-refractivity contribution in [2.45, 2.75) is 46.2 Å². The Hall–Kier alpha value is -0.820. The monoisotopic (exact) mass is 217 g/mol. The van der Waals surface area contributed by atoms with Gasteiger partial charge in [-0.15, -0.1) is 0 Å². The highest BCUT2D eigenvalue weighted by Gasteiger charge is 2.16. The average Bonchev–Trinajstić information content (AvgIpc) is 2.66. The number of benzene rings is 1. The normalized spacial score (nSPS) is 15.7. The second-order valence-electron chi connectivity index (χ2n) is 5.37. The fourth-order valence-electron chi connectivity index (χ4n) is 2.45. The Labute approximate surface area is 99.5 Å². The van der Waals surface area contributed by atoms with Crippen molar-refractivity contribution in [1.82, 2.24) is 4.90 Å². The molecule has 0 unspecified atom stereocenters. The molecule has 0 aromatic heterocycles. The number of fused-ring (bicyclic) bond motifs is 1. The highest BCUT2D eigenvalue weighted by Crippen LogP contribution is 2.22. The predicted octanol–water partition coefficient (Wildman–Crippen LogP) is 3.83. The molecule has 1 heteroatoms. The molecule has 0 aliphatic carbocycles. The summed E-state index contributed by atoms with van der Waals surface area (Å²) in [6, 6.07) is 8.84. The van der Waals surface area contributed by atoms with Crippen molar-refractivity contribution in [1.29, 1.82) is 0 Å². The van der Waals surface area contributed by atoms with E-state index in [0.717, 1.165) is 19.0 Å². The summed E-state index contributed by atoms with van der Waals surface area (Å²) in [6.45, 7) is 8.22. The smallest absolute Gasteiger partial charge is 0.0240 e. The molecule has 1 aromatic rings. The van der Waals surface area contributed by atoms with Crippen LogP contribution in [0.2, 0.25) is 0 Å². The van der Waals surface area contributed by atoms with Gasteiger partial charge in [0, 0.05) is 13.1 Å². The largest absolute Gasteiger partial charge is 0.295 e. The van der Waals surface area contributed by atoms with Crippen LogP contribution in [0.25, 0.3) is 0 Å². The van der Waals surface area contributed by atoms with E-state index in [1.165, 1.54) is 36.9 Å². The molecule has 0 bridgehead atoms. The van der Waals surface area contributed by atoms with Crippen LogP contribution in [0.4, 0.5) is 0 Å². The predicted molar refractivity (Wildman–Crippen MR) is 69.2 cm³/mol. The molecule has 1 nitrogen and oxygen atoms in total. The van der Waals surface area contributed by atoms with Crippen molar-refractivity contribution >= 4 is 0 Å². The van der Waals surface area contributed by atoms with Crippen LogP contribution in [-0.2, 0) is 13.1 Å². The van der Waals surface area contributed by atoms with Gasteiger partial charge in [0.05, 0.1) is 0 Å². The fourth-order valence-corrected chi connectivity index (χ4v) is 2.45. The van der Waals surface area contributed by atoms with Gasteiger partial charge in [-0.2, -0.15) is 0 Å². The third-order valence-electron chi connectivity index (χ3n) is 3.41. The maximum atomic E-state index is 2.57. The molecule has 0 spiro atoms.